The van der Waals surface area contributed by atoms with Crippen LogP contribution in [-0.4, -0.2) is 68.7 Å². The van der Waals surface area contributed by atoms with Gasteiger partial charge in [-0.25, -0.2) is 13.7 Å². The second kappa shape index (κ2) is 8.70. The van der Waals surface area contributed by atoms with Crippen molar-refractivity contribution in [2.45, 2.75) is 31.0 Å². The van der Waals surface area contributed by atoms with Crippen LogP contribution in [-0.2, 0) is 31.6 Å². The number of phosphoric acid groups is 3. The Morgan fingerprint density at radius 1 is 1.21 bits per heavy atom. The second-order valence-electron chi connectivity index (χ2n) is 6.92. The summed E-state index contributed by atoms with van der Waals surface area (Å²) in [6, 6.07) is 1.38. The van der Waals surface area contributed by atoms with Crippen LogP contribution in [0.4, 0.5) is 10.2 Å². The molecule has 1 fully saturated rings. The van der Waals surface area contributed by atoms with Gasteiger partial charge in [0.25, 0.3) is 0 Å². The SMILES string of the molecule is C[C@@]1(O)[C@H](O)[C@@H](COP(=O)(O)OP(=O)(O)OP(=O)(O)O)O[C@H]1n1ccc2c(N)nc(F)nc21. The molecule has 33 heavy (non-hydrogen) atoms. The third-order valence-corrected chi connectivity index (χ3v) is 8.20. The molecular formula is C12H18FN4O13P3. The van der Waals surface area contributed by atoms with E-state index in [4.69, 9.17) is 25.2 Å². The smallest absolute Gasteiger partial charge is 0.387 e. The summed E-state index contributed by atoms with van der Waals surface area (Å²) in [5, 5.41) is 21.3. The summed E-state index contributed by atoms with van der Waals surface area (Å²) in [6.45, 7) is 0.0993. The molecule has 2 unspecified atom stereocenters. The number of ether oxygens (including phenoxy) is 1. The van der Waals surface area contributed by atoms with Crippen molar-refractivity contribution in [1.29, 1.82) is 0 Å². The lowest BCUT2D eigenvalue weighted by Gasteiger charge is -2.27. The first-order valence-electron chi connectivity index (χ1n) is 8.56. The van der Waals surface area contributed by atoms with Crippen LogP contribution in [0.5, 0.6) is 0 Å². The molecule has 1 aliphatic heterocycles. The quantitative estimate of drug-likeness (QED) is 0.165. The molecule has 3 rings (SSSR count). The number of aliphatic hydroxyl groups excluding tert-OH is 1. The zero-order valence-electron chi connectivity index (χ0n) is 16.3. The number of nitrogens with two attached hydrogens (primary N) is 1. The molecule has 0 amide bonds. The average Bonchev–Trinajstić information content (AvgIpc) is 3.10. The topological polar surface area (TPSA) is 266 Å². The number of fused-ring (bicyclic) bond motifs is 1. The maximum atomic E-state index is 13.6. The highest BCUT2D eigenvalue weighted by Gasteiger charge is 2.54. The highest BCUT2D eigenvalue weighted by Crippen LogP contribution is 2.66. The molecule has 8 N–H and O–H groups in total. The summed E-state index contributed by atoms with van der Waals surface area (Å²) in [5.41, 5.74) is 3.41. The van der Waals surface area contributed by atoms with Gasteiger partial charge in [0.05, 0.1) is 12.0 Å². The summed E-state index contributed by atoms with van der Waals surface area (Å²) in [7, 11) is -16.8. The molecule has 3 heterocycles. The number of nitrogens with zero attached hydrogens (tertiary/aromatic N) is 3. The molecule has 0 spiro atoms. The molecule has 0 aliphatic carbocycles. The normalized spacial score (nSPS) is 29.8. The zero-order chi connectivity index (χ0) is 25.0. The van der Waals surface area contributed by atoms with Gasteiger partial charge in [0.1, 0.15) is 23.6 Å². The second-order valence-corrected chi connectivity index (χ2v) is 11.3. The van der Waals surface area contributed by atoms with Crippen molar-refractivity contribution < 1.29 is 65.8 Å². The van der Waals surface area contributed by atoms with Crippen molar-refractivity contribution in [1.82, 2.24) is 14.5 Å². The minimum Gasteiger partial charge on any atom is -0.387 e. The molecule has 21 heteroatoms. The molecule has 2 aromatic heterocycles. The Bertz CT molecular complexity index is 1200. The molecule has 6 atom stereocenters. The highest BCUT2D eigenvalue weighted by atomic mass is 31.3. The van der Waals surface area contributed by atoms with Crippen molar-refractivity contribution in [2.75, 3.05) is 12.3 Å². The number of nitrogen functional groups attached to an aromatic ring is 1. The lowest BCUT2D eigenvalue weighted by atomic mass is 9.96. The number of halogens is 1. The number of hydrogen-bond acceptors (Lipinski definition) is 12. The molecule has 186 valence electrons. The van der Waals surface area contributed by atoms with Crippen LogP contribution in [0.2, 0.25) is 0 Å². The Morgan fingerprint density at radius 3 is 2.45 bits per heavy atom. The lowest BCUT2D eigenvalue weighted by Crippen LogP contribution is -2.44. The van der Waals surface area contributed by atoms with Crippen molar-refractivity contribution in [3.8, 4) is 0 Å². The molecular weight excluding hydrogens is 520 g/mol. The average molecular weight is 538 g/mol. The zero-order valence-corrected chi connectivity index (χ0v) is 19.0. The van der Waals surface area contributed by atoms with E-state index in [0.717, 1.165) is 11.5 Å². The van der Waals surface area contributed by atoms with Gasteiger partial charge in [-0.05, 0) is 13.0 Å². The molecule has 1 saturated heterocycles. The Balaban J connectivity index is 1.77. The molecule has 0 bridgehead atoms. The van der Waals surface area contributed by atoms with Gasteiger partial charge in [-0.3, -0.25) is 4.52 Å². The van der Waals surface area contributed by atoms with Gasteiger partial charge >= 0.3 is 29.5 Å². The van der Waals surface area contributed by atoms with Gasteiger partial charge in [0.15, 0.2) is 11.9 Å². The number of aromatic nitrogens is 3. The first-order chi connectivity index (χ1) is 14.9. The van der Waals surface area contributed by atoms with E-state index in [-0.39, 0.29) is 16.9 Å². The van der Waals surface area contributed by atoms with Gasteiger partial charge in [-0.1, -0.05) is 0 Å². The Hall–Kier alpha value is -1.36. The minimum absolute atomic E-state index is 0.106. The molecule has 17 nitrogen and oxygen atoms in total. The third kappa shape index (κ3) is 5.83. The van der Waals surface area contributed by atoms with E-state index < -0.39 is 60.2 Å². The van der Waals surface area contributed by atoms with Gasteiger partial charge in [0.2, 0.25) is 0 Å². The molecule has 0 radical (unpaired) electrons. The maximum absolute atomic E-state index is 13.6. The molecule has 0 saturated carbocycles. The summed E-state index contributed by atoms with van der Waals surface area (Å²) in [4.78, 5) is 42.7. The number of anilines is 1. The molecule has 1 aliphatic rings. The van der Waals surface area contributed by atoms with Crippen LogP contribution in [0, 0.1) is 6.08 Å². The number of aliphatic hydroxyl groups is 2. The van der Waals surface area contributed by atoms with E-state index >= 15 is 0 Å². The summed E-state index contributed by atoms with van der Waals surface area (Å²) < 4.78 is 65.7. The van der Waals surface area contributed by atoms with E-state index in [9.17, 15) is 33.2 Å². The van der Waals surface area contributed by atoms with Crippen molar-refractivity contribution >= 4 is 40.3 Å². The number of hydrogen-bond donors (Lipinski definition) is 7. The first-order valence-corrected chi connectivity index (χ1v) is 13.1. The first kappa shape index (κ1) is 26.2. The van der Waals surface area contributed by atoms with Gasteiger partial charge in [0, 0.05) is 6.20 Å². The predicted molar refractivity (Wildman–Crippen MR) is 102 cm³/mol. The maximum Gasteiger partial charge on any atom is 0.490 e. The number of phosphoric ester groups is 1. The predicted octanol–water partition coefficient (Wildman–Crippen LogP) is -0.495. The van der Waals surface area contributed by atoms with Gasteiger partial charge in [-0.2, -0.15) is 23.0 Å². The third-order valence-electron chi connectivity index (χ3n) is 4.40. The van der Waals surface area contributed by atoms with Crippen LogP contribution in [0.3, 0.4) is 0 Å². The highest BCUT2D eigenvalue weighted by molar-refractivity contribution is 7.66. The van der Waals surface area contributed by atoms with Crippen molar-refractivity contribution in [2.24, 2.45) is 0 Å². The van der Waals surface area contributed by atoms with Crippen molar-refractivity contribution in [3.63, 3.8) is 0 Å². The number of rotatable bonds is 8. The van der Waals surface area contributed by atoms with Crippen LogP contribution >= 0.6 is 23.5 Å². The fraction of sp³-hybridized carbons (Fsp3) is 0.500. The van der Waals surface area contributed by atoms with Crippen LogP contribution < -0.4 is 5.73 Å². The Morgan fingerprint density at radius 2 is 1.85 bits per heavy atom. The van der Waals surface area contributed by atoms with E-state index in [2.05, 4.69) is 23.1 Å². The van der Waals surface area contributed by atoms with Gasteiger partial charge < -0.3 is 44.8 Å². The molecule has 0 aromatic carbocycles. The summed E-state index contributed by atoms with van der Waals surface area (Å²) in [5.74, 6) is -0.210. The summed E-state index contributed by atoms with van der Waals surface area (Å²) >= 11 is 0. The minimum atomic E-state index is -5.75. The Kier molecular flexibility index (Phi) is 6.92. The standard InChI is InChI=1S/C12H18FN4O13P3/c1-12(19)7(18)6(4-27-32(23,24)30-33(25,26)29-31(20,21)22)28-10(12)17-3-2-5-8(14)15-11(13)16-9(5)17/h2-3,6-7,10,18-19H,4H2,1H3,(H,23,24)(H,25,26)(H2,14,15,16)(H2,20,21,22)/t6-,7-,10-,12-/m1/s1. The molecule has 2 aromatic rings. The van der Waals surface area contributed by atoms with Crippen LogP contribution in [0.15, 0.2) is 12.3 Å². The van der Waals surface area contributed by atoms with Crippen molar-refractivity contribution in [3.05, 3.63) is 18.3 Å². The fourth-order valence-corrected chi connectivity index (χ4v) is 6.10. The van der Waals surface area contributed by atoms with Crippen LogP contribution in [0.25, 0.3) is 11.0 Å². The fourth-order valence-electron chi connectivity index (χ4n) is 3.07. The summed E-state index contributed by atoms with van der Waals surface area (Å²) in [6.07, 6.45) is -4.69. The Labute approximate surface area is 183 Å². The largest absolute Gasteiger partial charge is 0.490 e. The van der Waals surface area contributed by atoms with E-state index in [0.29, 0.717) is 0 Å². The van der Waals surface area contributed by atoms with Gasteiger partial charge in [-0.15, -0.1) is 0 Å². The van der Waals surface area contributed by atoms with E-state index in [1.165, 1.54) is 12.3 Å². The van der Waals surface area contributed by atoms with E-state index in [1.54, 1.807) is 0 Å². The lowest BCUT2D eigenvalue weighted by molar-refractivity contribution is -0.0947. The van der Waals surface area contributed by atoms with E-state index in [1.807, 2.05) is 0 Å². The van der Waals surface area contributed by atoms with Crippen LogP contribution in [0.1, 0.15) is 13.2 Å². The monoisotopic (exact) mass is 538 g/mol.